The van der Waals surface area contributed by atoms with E-state index in [0.717, 1.165) is 0 Å². The number of pyridine rings is 1. The molecule has 0 amide bonds. The molecule has 0 aliphatic heterocycles. The number of rotatable bonds is 2. The van der Waals surface area contributed by atoms with Crippen LogP contribution in [-0.4, -0.2) is 10.9 Å². The zero-order valence-corrected chi connectivity index (χ0v) is 6.61. The normalized spacial score (nSPS) is 9.64. The summed E-state index contributed by atoms with van der Waals surface area (Å²) < 4.78 is 12.8. The van der Waals surface area contributed by atoms with Crippen molar-refractivity contribution in [2.75, 3.05) is 5.88 Å². The van der Waals surface area contributed by atoms with Crippen LogP contribution in [0.25, 0.3) is 5.57 Å². The quantitative estimate of drug-likeness (QED) is 0.492. The second-order valence-corrected chi connectivity index (χ2v) is 2.35. The van der Waals surface area contributed by atoms with Gasteiger partial charge in [0.15, 0.2) is 0 Å². The average molecular weight is 172 g/mol. The van der Waals surface area contributed by atoms with E-state index in [0.29, 0.717) is 11.1 Å². The van der Waals surface area contributed by atoms with Gasteiger partial charge in [-0.1, -0.05) is 6.58 Å². The standard InChI is InChI=1S/C8H7ClFN/c1-6(5-9)7-3-2-4-11-8(7)10/h2-4H,1,5H2. The molecule has 3 heteroatoms. The van der Waals surface area contributed by atoms with Crippen LogP contribution in [0.15, 0.2) is 24.9 Å². The molecular formula is C8H7ClFN. The Hall–Kier alpha value is -0.890. The van der Waals surface area contributed by atoms with Crippen molar-refractivity contribution in [1.82, 2.24) is 4.98 Å². The summed E-state index contributed by atoms with van der Waals surface area (Å²) in [7, 11) is 0. The van der Waals surface area contributed by atoms with Crippen LogP contribution in [-0.2, 0) is 0 Å². The molecule has 58 valence electrons. The lowest BCUT2D eigenvalue weighted by Gasteiger charge is -2.00. The number of aromatic nitrogens is 1. The summed E-state index contributed by atoms with van der Waals surface area (Å²) in [6.45, 7) is 3.59. The summed E-state index contributed by atoms with van der Waals surface area (Å²) in [6, 6.07) is 3.25. The van der Waals surface area contributed by atoms with Gasteiger partial charge >= 0.3 is 0 Å². The van der Waals surface area contributed by atoms with Crippen molar-refractivity contribution >= 4 is 17.2 Å². The van der Waals surface area contributed by atoms with Gasteiger partial charge in [-0.2, -0.15) is 4.39 Å². The molecule has 0 N–H and O–H groups in total. The monoisotopic (exact) mass is 171 g/mol. The fraction of sp³-hybridized carbons (Fsp3) is 0.125. The smallest absolute Gasteiger partial charge is 0.220 e. The molecule has 0 saturated carbocycles. The Morgan fingerprint density at radius 3 is 3.00 bits per heavy atom. The van der Waals surface area contributed by atoms with Crippen molar-refractivity contribution in [3.63, 3.8) is 0 Å². The lowest BCUT2D eigenvalue weighted by atomic mass is 10.1. The molecule has 1 heterocycles. The van der Waals surface area contributed by atoms with Crippen molar-refractivity contribution in [1.29, 1.82) is 0 Å². The molecule has 0 aromatic carbocycles. The van der Waals surface area contributed by atoms with Crippen LogP contribution < -0.4 is 0 Å². The van der Waals surface area contributed by atoms with E-state index < -0.39 is 5.95 Å². The highest BCUT2D eigenvalue weighted by Crippen LogP contribution is 2.14. The SMILES string of the molecule is C=C(CCl)c1cccnc1F. The van der Waals surface area contributed by atoms with Gasteiger partial charge in [0.25, 0.3) is 0 Å². The van der Waals surface area contributed by atoms with Crippen LogP contribution >= 0.6 is 11.6 Å². The molecule has 1 nitrogen and oxygen atoms in total. The summed E-state index contributed by atoms with van der Waals surface area (Å²) >= 11 is 5.46. The molecule has 1 aromatic heterocycles. The highest BCUT2D eigenvalue weighted by atomic mass is 35.5. The maximum absolute atomic E-state index is 12.8. The number of alkyl halides is 1. The average Bonchev–Trinajstić information content (AvgIpc) is 2.04. The van der Waals surface area contributed by atoms with Gasteiger partial charge in [-0.05, 0) is 17.7 Å². The minimum atomic E-state index is -0.516. The first-order valence-electron chi connectivity index (χ1n) is 3.10. The predicted molar refractivity (Wildman–Crippen MR) is 43.9 cm³/mol. The predicted octanol–water partition coefficient (Wildman–Crippen LogP) is 2.47. The minimum absolute atomic E-state index is 0.225. The van der Waals surface area contributed by atoms with Crippen LogP contribution in [0.3, 0.4) is 0 Å². The van der Waals surface area contributed by atoms with E-state index in [2.05, 4.69) is 11.6 Å². The molecule has 0 atom stereocenters. The fourth-order valence-corrected chi connectivity index (χ4v) is 0.866. The van der Waals surface area contributed by atoms with Crippen LogP contribution in [0.5, 0.6) is 0 Å². The number of hydrogen-bond donors (Lipinski definition) is 0. The van der Waals surface area contributed by atoms with E-state index >= 15 is 0 Å². The van der Waals surface area contributed by atoms with Gasteiger partial charge in [-0.15, -0.1) is 11.6 Å². The van der Waals surface area contributed by atoms with E-state index in [9.17, 15) is 4.39 Å². The third-order valence-electron chi connectivity index (χ3n) is 1.30. The van der Waals surface area contributed by atoms with Gasteiger partial charge in [0.05, 0.1) is 0 Å². The fourth-order valence-electron chi connectivity index (χ4n) is 0.722. The number of allylic oxidation sites excluding steroid dienone is 1. The summed E-state index contributed by atoms with van der Waals surface area (Å²) in [6.07, 6.45) is 1.39. The van der Waals surface area contributed by atoms with Gasteiger partial charge in [0.2, 0.25) is 5.95 Å². The summed E-state index contributed by atoms with van der Waals surface area (Å²) in [4.78, 5) is 3.46. The zero-order valence-electron chi connectivity index (χ0n) is 5.85. The molecule has 1 aromatic rings. The zero-order chi connectivity index (χ0) is 8.27. The molecule has 1 rings (SSSR count). The van der Waals surface area contributed by atoms with E-state index in [4.69, 9.17) is 11.6 Å². The van der Waals surface area contributed by atoms with Crippen LogP contribution in [0, 0.1) is 5.95 Å². The Balaban J connectivity index is 3.03. The molecular weight excluding hydrogens is 165 g/mol. The Kier molecular flexibility index (Phi) is 2.60. The molecule has 11 heavy (non-hydrogen) atoms. The van der Waals surface area contributed by atoms with Gasteiger partial charge in [0, 0.05) is 17.6 Å². The summed E-state index contributed by atoms with van der Waals surface area (Å²) in [5.74, 6) is -0.291. The van der Waals surface area contributed by atoms with Crippen LogP contribution in [0.1, 0.15) is 5.56 Å². The Morgan fingerprint density at radius 2 is 2.45 bits per heavy atom. The lowest BCUT2D eigenvalue weighted by Crippen LogP contribution is -1.91. The van der Waals surface area contributed by atoms with Crippen molar-refractivity contribution in [3.8, 4) is 0 Å². The third kappa shape index (κ3) is 1.77. The highest BCUT2D eigenvalue weighted by Gasteiger charge is 2.03. The first-order chi connectivity index (χ1) is 5.25. The maximum Gasteiger partial charge on any atom is 0.220 e. The van der Waals surface area contributed by atoms with E-state index in [-0.39, 0.29) is 5.88 Å². The molecule has 0 fully saturated rings. The molecule has 0 unspecified atom stereocenters. The van der Waals surface area contributed by atoms with Crippen molar-refractivity contribution < 1.29 is 4.39 Å². The maximum atomic E-state index is 12.8. The van der Waals surface area contributed by atoms with Crippen molar-refractivity contribution in [2.24, 2.45) is 0 Å². The van der Waals surface area contributed by atoms with Crippen LogP contribution in [0.4, 0.5) is 4.39 Å². The van der Waals surface area contributed by atoms with Gasteiger partial charge in [-0.3, -0.25) is 0 Å². The first-order valence-corrected chi connectivity index (χ1v) is 3.64. The second-order valence-electron chi connectivity index (χ2n) is 2.08. The second kappa shape index (κ2) is 3.49. The number of halogens is 2. The molecule has 0 aliphatic rings. The van der Waals surface area contributed by atoms with Gasteiger partial charge < -0.3 is 0 Å². The largest absolute Gasteiger partial charge is 0.228 e. The summed E-state index contributed by atoms with van der Waals surface area (Å²) in [5, 5.41) is 0. The Labute approximate surface area is 69.5 Å². The van der Waals surface area contributed by atoms with Gasteiger partial charge in [-0.25, -0.2) is 4.98 Å². The van der Waals surface area contributed by atoms with Crippen LogP contribution in [0.2, 0.25) is 0 Å². The van der Waals surface area contributed by atoms with E-state index in [1.54, 1.807) is 12.1 Å². The molecule has 0 bridgehead atoms. The first kappa shape index (κ1) is 8.21. The Bertz CT molecular complexity index is 273. The molecule has 0 spiro atoms. The molecule has 0 aliphatic carbocycles. The third-order valence-corrected chi connectivity index (χ3v) is 1.62. The molecule has 0 radical (unpaired) electrons. The number of hydrogen-bond acceptors (Lipinski definition) is 1. The van der Waals surface area contributed by atoms with Gasteiger partial charge in [0.1, 0.15) is 0 Å². The van der Waals surface area contributed by atoms with Crippen molar-refractivity contribution in [3.05, 3.63) is 36.4 Å². The highest BCUT2D eigenvalue weighted by molar-refractivity contribution is 6.23. The lowest BCUT2D eigenvalue weighted by molar-refractivity contribution is 0.580. The van der Waals surface area contributed by atoms with Crippen molar-refractivity contribution in [2.45, 2.75) is 0 Å². The van der Waals surface area contributed by atoms with E-state index in [1.165, 1.54) is 6.20 Å². The van der Waals surface area contributed by atoms with E-state index in [1.807, 2.05) is 0 Å². The molecule has 0 saturated heterocycles. The number of nitrogens with zero attached hydrogens (tertiary/aromatic N) is 1. The minimum Gasteiger partial charge on any atom is -0.228 e. The topological polar surface area (TPSA) is 12.9 Å². The Morgan fingerprint density at radius 1 is 1.73 bits per heavy atom. The summed E-state index contributed by atoms with van der Waals surface area (Å²) in [5.41, 5.74) is 0.944.